The van der Waals surface area contributed by atoms with Gasteiger partial charge in [-0.1, -0.05) is 0 Å². The van der Waals surface area contributed by atoms with Gasteiger partial charge in [0.1, 0.15) is 0 Å². The zero-order valence-electron chi connectivity index (χ0n) is 46.9. The zero-order chi connectivity index (χ0) is 57.4. The number of carbonyl (C=O) groups is 2. The average molecular weight is 1260 g/mol. The van der Waals surface area contributed by atoms with Crippen LogP contribution >= 0.6 is 21.8 Å². The van der Waals surface area contributed by atoms with E-state index < -0.39 is 46.1 Å². The van der Waals surface area contributed by atoms with E-state index in [0.717, 1.165) is 0 Å². The van der Waals surface area contributed by atoms with Gasteiger partial charge in [-0.3, -0.25) is 0 Å². The van der Waals surface area contributed by atoms with Gasteiger partial charge >= 0.3 is 500 Å². The van der Waals surface area contributed by atoms with Crippen LogP contribution in [0.4, 0.5) is 0 Å². The number of benzene rings is 12. The van der Waals surface area contributed by atoms with Crippen LogP contribution in [0.5, 0.6) is 0 Å². The average Bonchev–Trinajstić information content (AvgIpc) is 0.615. The predicted molar refractivity (Wildman–Crippen MR) is 368 cm³/mol. The van der Waals surface area contributed by atoms with Crippen molar-refractivity contribution < 1.29 is 26.7 Å². The Kier molecular flexibility index (Phi) is 16.5. The summed E-state index contributed by atoms with van der Waals surface area (Å²) in [5, 5.41) is 14.3. The third kappa shape index (κ3) is 8.34. The molecule has 0 fully saturated rings. The molecule has 0 atom stereocenters. The Morgan fingerprint density at radius 1 is 0.238 bits per heavy atom. The minimum absolute atomic E-state index is 0.0832. The van der Waals surface area contributed by atoms with Crippen LogP contribution in [-0.4, -0.2) is 11.9 Å². The molecular formula is C76H69O3P4Pd. The van der Waals surface area contributed by atoms with Crippen LogP contribution in [0.3, 0.4) is 0 Å². The molecule has 12 aromatic carbocycles. The second-order valence-corrected chi connectivity index (χ2v) is 79.5. The first-order chi connectivity index (χ1) is 41.4. The van der Waals surface area contributed by atoms with Crippen molar-refractivity contribution in [3.63, 3.8) is 0 Å². The van der Waals surface area contributed by atoms with Crippen molar-refractivity contribution in [1.29, 1.82) is 0 Å². The van der Waals surface area contributed by atoms with Crippen LogP contribution in [0.15, 0.2) is 364 Å². The van der Waals surface area contributed by atoms with Gasteiger partial charge in [0.05, 0.1) is 0 Å². The molecule has 0 bridgehead atoms. The summed E-state index contributed by atoms with van der Waals surface area (Å²) in [6.45, 7) is 1.41. The molecule has 0 heterocycles. The molecule has 0 amide bonds. The number of rotatable bonds is 18. The SMILES string of the molecule is CC(=O)OC(=O)[CH2][Pd]([PH](c1ccccc1)(c1ccccc1)c1ccccc1)([PH](c1ccccc1)(c1ccccc1)c1ccccc1)([PH](c1ccccc1)(c1ccccc1)c1ccccc1)[PH](c1ccccc1)(c1ccccc1)c1ccccc1. The number of ether oxygens (including phenoxy) is 1. The van der Waals surface area contributed by atoms with E-state index in [4.69, 9.17) is 4.74 Å². The monoisotopic (exact) mass is 1260 g/mol. The molecule has 12 rings (SSSR count). The van der Waals surface area contributed by atoms with E-state index in [1.54, 1.807) is 0 Å². The molecule has 0 aliphatic rings. The van der Waals surface area contributed by atoms with Crippen molar-refractivity contribution in [2.45, 2.75) is 11.8 Å². The predicted octanol–water partition coefficient (Wildman–Crippen LogP) is 12.7. The summed E-state index contributed by atoms with van der Waals surface area (Å²) >= 11 is -6.55. The van der Waals surface area contributed by atoms with Crippen molar-refractivity contribution in [2.75, 3.05) is 0 Å². The maximum absolute atomic E-state index is 18.1. The molecule has 0 spiro atoms. The first-order valence-corrected chi connectivity index (χ1v) is 46.1. The van der Waals surface area contributed by atoms with Crippen LogP contribution in [0.25, 0.3) is 0 Å². The van der Waals surface area contributed by atoms with Crippen molar-refractivity contribution in [3.8, 4) is 0 Å². The Balaban J connectivity index is 1.72. The van der Waals surface area contributed by atoms with Gasteiger partial charge < -0.3 is 0 Å². The standard InChI is InChI=1S/4C18H15P.C4H5O3.Pd/c4*1-4-10-16(11-5-1)19(17-12-6-2-7-13-17)18-14-8-3-9-15-18;1-3(5)7-4(2)6;/h4*1-15H;1H2,2H3;/q;;;;;-4/p+4. The summed E-state index contributed by atoms with van der Waals surface area (Å²) in [7, 11) is 0. The number of hydrogen-bond donors (Lipinski definition) is 0. The molecular weight excluding hydrogens is 1190 g/mol. The van der Waals surface area contributed by atoms with E-state index in [0.29, 0.717) is 0 Å². The first-order valence-electron chi connectivity index (χ1n) is 28.5. The third-order valence-electron chi connectivity index (χ3n) is 16.5. The third-order valence-corrected chi connectivity index (χ3v) is 136. The van der Waals surface area contributed by atoms with Gasteiger partial charge in [-0.2, -0.15) is 0 Å². The van der Waals surface area contributed by atoms with Crippen LogP contribution in [0.1, 0.15) is 6.92 Å². The quantitative estimate of drug-likeness (QED) is 0.0372. The second-order valence-electron chi connectivity index (χ2n) is 20.8. The molecule has 0 unspecified atom stereocenters. The molecule has 12 aromatic rings. The number of esters is 2. The summed E-state index contributed by atoms with van der Waals surface area (Å²) < 4.78 is 6.79. The molecule has 0 saturated carbocycles. The molecule has 0 radical (unpaired) electrons. The van der Waals surface area contributed by atoms with E-state index in [-0.39, 0.29) is 4.89 Å². The zero-order valence-corrected chi connectivity index (χ0v) is 52.4. The molecule has 0 aliphatic carbocycles. The Labute approximate surface area is 496 Å². The van der Waals surface area contributed by atoms with Crippen molar-refractivity contribution in [1.82, 2.24) is 0 Å². The fourth-order valence-corrected chi connectivity index (χ4v) is 198. The van der Waals surface area contributed by atoms with Gasteiger partial charge in [-0.15, -0.1) is 0 Å². The normalized spacial score (nSPS) is 13.3. The topological polar surface area (TPSA) is 43.4 Å². The van der Waals surface area contributed by atoms with Gasteiger partial charge in [0.2, 0.25) is 0 Å². The maximum atomic E-state index is 18.1. The van der Waals surface area contributed by atoms with Gasteiger partial charge in [0.25, 0.3) is 0 Å². The van der Waals surface area contributed by atoms with Crippen molar-refractivity contribution in [3.05, 3.63) is 364 Å². The molecule has 84 heavy (non-hydrogen) atoms. The van der Waals surface area contributed by atoms with Crippen LogP contribution in [0, 0.1) is 0 Å². The molecule has 421 valence electrons. The molecule has 8 heteroatoms. The first kappa shape index (κ1) is 56.6. The summed E-state index contributed by atoms with van der Waals surface area (Å²) in [5.74, 6) is -1.16. The van der Waals surface area contributed by atoms with Crippen LogP contribution < -0.4 is 63.7 Å². The van der Waals surface area contributed by atoms with Gasteiger partial charge in [0.15, 0.2) is 0 Å². The Morgan fingerprint density at radius 3 is 0.464 bits per heavy atom. The Bertz CT molecular complexity index is 3200. The van der Waals surface area contributed by atoms with E-state index >= 15 is 4.79 Å². The fraction of sp³-hybridized carbons (Fsp3) is 0.0263. The molecule has 3 nitrogen and oxygen atoms in total. The minimum atomic E-state index is -6.55. The van der Waals surface area contributed by atoms with Crippen molar-refractivity contribution >= 4 is 97.4 Å². The number of hydrogen-bond acceptors (Lipinski definition) is 3. The van der Waals surface area contributed by atoms with E-state index in [2.05, 4.69) is 364 Å². The van der Waals surface area contributed by atoms with Gasteiger partial charge in [-0.25, -0.2) is 0 Å². The van der Waals surface area contributed by atoms with E-state index in [1.165, 1.54) is 70.6 Å². The fourth-order valence-electron chi connectivity index (χ4n) is 14.1. The van der Waals surface area contributed by atoms with Crippen molar-refractivity contribution in [2.24, 2.45) is 0 Å². The van der Waals surface area contributed by atoms with E-state index in [1.807, 2.05) is 0 Å². The molecule has 0 saturated heterocycles. The molecule has 0 aromatic heterocycles. The Morgan fingerprint density at radius 2 is 0.357 bits per heavy atom. The number of carbonyl (C=O) groups excluding carboxylic acids is 2. The molecule has 0 aliphatic heterocycles. The Hall–Kier alpha value is -7.84. The van der Waals surface area contributed by atoms with Gasteiger partial charge in [-0.05, 0) is 0 Å². The second kappa shape index (κ2) is 24.4. The molecule has 0 N–H and O–H groups in total. The summed E-state index contributed by atoms with van der Waals surface area (Å²) in [6.07, 6.45) is 0. The summed E-state index contributed by atoms with van der Waals surface area (Å²) in [4.78, 5) is 32.7. The van der Waals surface area contributed by atoms with E-state index in [9.17, 15) is 4.79 Å². The summed E-state index contributed by atoms with van der Waals surface area (Å²) in [5.41, 5.74) is -18.3. The summed E-state index contributed by atoms with van der Waals surface area (Å²) in [6, 6.07) is 138. The van der Waals surface area contributed by atoms with Crippen LogP contribution in [-0.2, 0) is 26.7 Å². The van der Waals surface area contributed by atoms with Crippen LogP contribution in [0.2, 0.25) is 4.89 Å². The van der Waals surface area contributed by atoms with Gasteiger partial charge in [0, 0.05) is 0 Å².